The van der Waals surface area contributed by atoms with Crippen LogP contribution in [-0.2, 0) is 4.79 Å². The molecule has 4 rings (SSSR count). The fourth-order valence-corrected chi connectivity index (χ4v) is 3.15. The van der Waals surface area contributed by atoms with Crippen LogP contribution in [0.25, 0.3) is 22.6 Å². The molecule has 1 amide bonds. The summed E-state index contributed by atoms with van der Waals surface area (Å²) in [5.74, 6) is 1.65. The van der Waals surface area contributed by atoms with Crippen molar-refractivity contribution in [3.63, 3.8) is 0 Å². The van der Waals surface area contributed by atoms with Gasteiger partial charge >= 0.3 is 0 Å². The number of nitrogens with one attached hydrogen (secondary N) is 2. The van der Waals surface area contributed by atoms with Crippen LogP contribution in [0.4, 0.5) is 11.6 Å². The van der Waals surface area contributed by atoms with Crippen molar-refractivity contribution >= 4 is 28.6 Å². The highest BCUT2D eigenvalue weighted by atomic mass is 16.1. The molecule has 0 aliphatic carbocycles. The first-order valence-electron chi connectivity index (χ1n) is 8.20. The number of H-pyrrole nitrogens is 1. The zero-order chi connectivity index (χ0) is 17.4. The smallest absolute Gasteiger partial charge is 0.217 e. The van der Waals surface area contributed by atoms with Crippen LogP contribution in [0.5, 0.6) is 0 Å². The van der Waals surface area contributed by atoms with Gasteiger partial charge in [-0.1, -0.05) is 12.1 Å². The molecule has 0 bridgehead atoms. The van der Waals surface area contributed by atoms with E-state index in [1.54, 1.807) is 6.20 Å². The van der Waals surface area contributed by atoms with Crippen LogP contribution >= 0.6 is 0 Å². The highest BCUT2D eigenvalue weighted by molar-refractivity contribution is 5.80. The maximum atomic E-state index is 11.2. The fourth-order valence-electron chi connectivity index (χ4n) is 3.15. The Hall–Kier alpha value is -3.16. The van der Waals surface area contributed by atoms with Crippen molar-refractivity contribution < 1.29 is 6.22 Å². The van der Waals surface area contributed by atoms with Gasteiger partial charge in [0.15, 0.2) is 17.3 Å². The van der Waals surface area contributed by atoms with E-state index < -0.39 is 0 Å². The van der Waals surface area contributed by atoms with E-state index in [9.17, 15) is 4.79 Å². The molecule has 1 aliphatic rings. The van der Waals surface area contributed by atoms with Gasteiger partial charge in [-0.3, -0.25) is 4.79 Å². The molecule has 8 nitrogen and oxygen atoms in total. The monoisotopic (exact) mass is 339 g/mol. The molecule has 3 heterocycles. The Labute approximate surface area is 146 Å². The lowest BCUT2D eigenvalue weighted by Crippen LogP contribution is -2.35. The molecule has 130 valence electrons. The number of nitrogens with two attached hydrogens (primary N) is 1. The summed E-state index contributed by atoms with van der Waals surface area (Å²) in [6.45, 7) is 3.05. The maximum absolute atomic E-state index is 11.2. The molecule has 4 N–H and O–H groups in total. The molecule has 1 saturated heterocycles. The van der Waals surface area contributed by atoms with Gasteiger partial charge in [0.2, 0.25) is 5.91 Å². The fraction of sp³-hybridized carbons (Fsp3) is 0.294. The number of hydrogen-bond acceptors (Lipinski definition) is 6. The van der Waals surface area contributed by atoms with Gasteiger partial charge in [-0.2, -0.15) is 0 Å². The summed E-state index contributed by atoms with van der Waals surface area (Å²) in [7, 11) is 0. The molecule has 0 spiro atoms. The van der Waals surface area contributed by atoms with Crippen molar-refractivity contribution in [1.82, 2.24) is 25.3 Å². The molecule has 2 aromatic heterocycles. The Morgan fingerprint density at radius 2 is 2.24 bits per heavy atom. The summed E-state index contributed by atoms with van der Waals surface area (Å²) in [5.41, 5.74) is 8.35. The van der Waals surface area contributed by atoms with Gasteiger partial charge < -0.3 is 20.9 Å². The van der Waals surface area contributed by atoms with Gasteiger partial charge in [-0.15, -0.1) is 0 Å². The number of carbonyl (C=O) groups is 1. The van der Waals surface area contributed by atoms with Crippen LogP contribution < -0.4 is 16.0 Å². The molecular weight excluding hydrogens is 318 g/mol. The molecule has 8 heteroatoms. The molecule has 25 heavy (non-hydrogen) atoms. The molecule has 3 aromatic rings. The summed E-state index contributed by atoms with van der Waals surface area (Å²) in [5, 5.41) is 2.94. The van der Waals surface area contributed by atoms with Crippen LogP contribution in [0.2, 0.25) is 0 Å². The van der Waals surface area contributed by atoms with E-state index in [1.807, 2.05) is 24.3 Å². The van der Waals surface area contributed by atoms with E-state index in [1.165, 1.54) is 6.92 Å². The summed E-state index contributed by atoms with van der Waals surface area (Å²) in [6, 6.07) is 7.90. The molecule has 0 saturated carbocycles. The van der Waals surface area contributed by atoms with Crippen molar-refractivity contribution in [3.8, 4) is 11.5 Å². The summed E-state index contributed by atoms with van der Waals surface area (Å²) in [6.07, 6.45) is 2.54. The minimum Gasteiger partial charge on any atom is -0.382 e. The minimum atomic E-state index is -0.0156. The second kappa shape index (κ2) is 6.04. The van der Waals surface area contributed by atoms with Gasteiger partial charge in [0, 0.05) is 27.5 Å². The molecule has 1 aliphatic heterocycles. The van der Waals surface area contributed by atoms with Crippen molar-refractivity contribution in [2.75, 3.05) is 23.7 Å². The van der Waals surface area contributed by atoms with Gasteiger partial charge in [0.05, 0.1) is 17.2 Å². The summed E-state index contributed by atoms with van der Waals surface area (Å²) >= 11 is 0. The number of benzene rings is 1. The number of para-hydroxylation sites is 2. The number of hydrogen-bond donors (Lipinski definition) is 3. The maximum Gasteiger partial charge on any atom is 0.217 e. The highest BCUT2D eigenvalue weighted by Crippen LogP contribution is 2.26. The van der Waals surface area contributed by atoms with E-state index >= 15 is 0 Å². The van der Waals surface area contributed by atoms with Crippen LogP contribution in [0, 0.1) is 0 Å². The SMILES string of the molecule is CC(=O)N[C@H]1CCN(c2cnc(N)c(-c3nc4ccccc4[nH]3)n2)C1.[HH]. The molecule has 1 fully saturated rings. The van der Waals surface area contributed by atoms with Gasteiger partial charge in [0.1, 0.15) is 5.82 Å². The van der Waals surface area contributed by atoms with Gasteiger partial charge in [-0.05, 0) is 18.6 Å². The zero-order valence-electron chi connectivity index (χ0n) is 13.9. The normalized spacial score (nSPS) is 17.2. The van der Waals surface area contributed by atoms with E-state index in [-0.39, 0.29) is 13.4 Å². The largest absolute Gasteiger partial charge is 0.382 e. The molecule has 0 radical (unpaired) electrons. The molecule has 0 unspecified atom stereocenters. The number of nitrogens with zero attached hydrogens (tertiary/aromatic N) is 4. The third-order valence-electron chi connectivity index (χ3n) is 4.32. The van der Waals surface area contributed by atoms with Crippen LogP contribution in [0.1, 0.15) is 14.8 Å². The first kappa shape index (κ1) is 15.4. The Bertz CT molecular complexity index is 909. The van der Waals surface area contributed by atoms with Crippen LogP contribution in [0.3, 0.4) is 0 Å². The van der Waals surface area contributed by atoms with Crippen molar-refractivity contribution in [2.45, 2.75) is 19.4 Å². The zero-order valence-corrected chi connectivity index (χ0v) is 13.9. The first-order chi connectivity index (χ1) is 12.1. The van der Waals surface area contributed by atoms with E-state index in [0.717, 1.165) is 29.8 Å². The first-order valence-corrected chi connectivity index (χ1v) is 8.20. The quantitative estimate of drug-likeness (QED) is 0.667. The second-order valence-corrected chi connectivity index (χ2v) is 6.20. The number of fused-ring (bicyclic) bond motifs is 1. The summed E-state index contributed by atoms with van der Waals surface area (Å²) in [4.78, 5) is 30.1. The Morgan fingerprint density at radius 1 is 1.40 bits per heavy atom. The van der Waals surface area contributed by atoms with Gasteiger partial charge in [-0.25, -0.2) is 15.0 Å². The Morgan fingerprint density at radius 3 is 3.04 bits per heavy atom. The lowest BCUT2D eigenvalue weighted by atomic mass is 10.3. The lowest BCUT2D eigenvalue weighted by Gasteiger charge is -2.18. The van der Waals surface area contributed by atoms with Crippen LogP contribution in [-0.4, -0.2) is 45.0 Å². The molecule has 1 atom stereocenters. The number of amides is 1. The number of aromatic nitrogens is 4. The molecular formula is C17H21N7O. The molecule has 1 aromatic carbocycles. The highest BCUT2D eigenvalue weighted by Gasteiger charge is 2.25. The number of nitrogen functional groups attached to an aromatic ring is 1. The number of carbonyl (C=O) groups excluding carboxylic acids is 1. The topological polar surface area (TPSA) is 113 Å². The predicted molar refractivity (Wildman–Crippen MR) is 98.1 cm³/mol. The third-order valence-corrected chi connectivity index (χ3v) is 4.32. The van der Waals surface area contributed by atoms with Crippen molar-refractivity contribution in [1.29, 1.82) is 0 Å². The number of rotatable bonds is 3. The van der Waals surface area contributed by atoms with E-state index in [0.29, 0.717) is 23.9 Å². The summed E-state index contributed by atoms with van der Waals surface area (Å²) < 4.78 is 0. The number of aromatic amines is 1. The Balaban J connectivity index is 0.00000196. The number of imidazole rings is 1. The second-order valence-electron chi connectivity index (χ2n) is 6.20. The van der Waals surface area contributed by atoms with Gasteiger partial charge in [0.25, 0.3) is 0 Å². The standard InChI is InChI=1S/C17H19N7O.H2/c1-10(25)20-11-6-7-24(9-11)14-8-19-16(18)15(23-14)17-21-12-4-2-3-5-13(12)22-17;/h2-5,8,11H,6-7,9H2,1H3,(H2,18,19)(H,20,25)(H,21,22);1H/t11-;/m0./s1. The van der Waals surface area contributed by atoms with E-state index in [2.05, 4.69) is 30.2 Å². The van der Waals surface area contributed by atoms with Crippen LogP contribution in [0.15, 0.2) is 30.5 Å². The number of anilines is 2. The lowest BCUT2D eigenvalue weighted by molar-refractivity contribution is -0.119. The van der Waals surface area contributed by atoms with E-state index in [4.69, 9.17) is 5.73 Å². The average molecular weight is 339 g/mol. The Kier molecular flexibility index (Phi) is 3.72. The van der Waals surface area contributed by atoms with Crippen molar-refractivity contribution in [3.05, 3.63) is 30.5 Å². The third kappa shape index (κ3) is 2.98. The minimum absolute atomic E-state index is 0. The average Bonchev–Trinajstić information content (AvgIpc) is 3.21. The predicted octanol–water partition coefficient (Wildman–Crippen LogP) is 1.56. The van der Waals surface area contributed by atoms with Crippen molar-refractivity contribution in [2.24, 2.45) is 0 Å².